The molecule has 0 saturated carbocycles. The van der Waals surface area contributed by atoms with Crippen LogP contribution in [-0.4, -0.2) is 43.7 Å². The Morgan fingerprint density at radius 2 is 1.93 bits per heavy atom. The predicted octanol–water partition coefficient (Wildman–Crippen LogP) is 0.560. The van der Waals surface area contributed by atoms with Gasteiger partial charge in [0.2, 0.25) is 0 Å². The zero-order valence-electron chi connectivity index (χ0n) is 9.86. The summed E-state index contributed by atoms with van der Waals surface area (Å²) in [6.07, 6.45) is 0.737. The van der Waals surface area contributed by atoms with Crippen molar-refractivity contribution in [1.82, 2.24) is 5.32 Å². The van der Waals surface area contributed by atoms with Gasteiger partial charge in [-0.25, -0.2) is 8.42 Å². The molecule has 15 heavy (non-hydrogen) atoms. The molecule has 92 valence electrons. The van der Waals surface area contributed by atoms with E-state index in [0.717, 1.165) is 6.42 Å². The first-order valence-corrected chi connectivity index (χ1v) is 7.31. The minimum Gasteiger partial charge on any atom is -0.391 e. The van der Waals surface area contributed by atoms with Crippen LogP contribution in [0.2, 0.25) is 0 Å². The van der Waals surface area contributed by atoms with Crippen molar-refractivity contribution < 1.29 is 13.5 Å². The largest absolute Gasteiger partial charge is 0.391 e. The Kier molecular flexibility index (Phi) is 7.13. The molecule has 0 bridgehead atoms. The third-order valence-corrected chi connectivity index (χ3v) is 3.82. The summed E-state index contributed by atoms with van der Waals surface area (Å²) in [5, 5.41) is 12.5. The first-order valence-electron chi connectivity index (χ1n) is 5.49. The lowest BCUT2D eigenvalue weighted by Crippen LogP contribution is -2.36. The number of nitrogens with one attached hydrogen (secondary N) is 1. The van der Waals surface area contributed by atoms with E-state index in [1.807, 2.05) is 20.8 Å². The van der Waals surface area contributed by atoms with Gasteiger partial charge in [-0.2, -0.15) is 0 Å². The molecule has 4 nitrogen and oxygen atoms in total. The summed E-state index contributed by atoms with van der Waals surface area (Å²) in [6, 6.07) is 0.262. The Balaban J connectivity index is 3.88. The number of rotatable bonds is 8. The molecule has 0 rings (SSSR count). The number of hydrogen-bond acceptors (Lipinski definition) is 4. The van der Waals surface area contributed by atoms with Gasteiger partial charge in [-0.05, 0) is 6.42 Å². The first kappa shape index (κ1) is 14.9. The number of sulfone groups is 1. The average Bonchev–Trinajstić information content (AvgIpc) is 2.11. The summed E-state index contributed by atoms with van der Waals surface area (Å²) >= 11 is 0. The zero-order valence-corrected chi connectivity index (χ0v) is 10.7. The van der Waals surface area contributed by atoms with Gasteiger partial charge in [0.15, 0.2) is 9.84 Å². The van der Waals surface area contributed by atoms with Crippen LogP contribution in [-0.2, 0) is 9.84 Å². The highest BCUT2D eigenvalue weighted by molar-refractivity contribution is 7.91. The van der Waals surface area contributed by atoms with E-state index in [-0.39, 0.29) is 17.5 Å². The monoisotopic (exact) mass is 237 g/mol. The quantitative estimate of drug-likeness (QED) is 0.647. The average molecular weight is 237 g/mol. The van der Waals surface area contributed by atoms with Gasteiger partial charge in [0.05, 0.1) is 17.6 Å². The van der Waals surface area contributed by atoms with Crippen LogP contribution < -0.4 is 5.32 Å². The molecule has 0 fully saturated rings. The molecule has 0 aromatic heterocycles. The van der Waals surface area contributed by atoms with E-state index in [2.05, 4.69) is 5.32 Å². The molecule has 1 unspecified atom stereocenters. The van der Waals surface area contributed by atoms with Gasteiger partial charge in [0.1, 0.15) is 0 Å². The lowest BCUT2D eigenvalue weighted by atomic mass is 10.3. The standard InChI is InChI=1S/C10H23NO3S/c1-4-5-6-15(13,14)8-10(12)7-11-9(2)3/h9-12H,4-8H2,1-3H3. The van der Waals surface area contributed by atoms with Crippen LogP contribution in [0.25, 0.3) is 0 Å². The maximum Gasteiger partial charge on any atom is 0.152 e. The fraction of sp³-hybridized carbons (Fsp3) is 1.00. The maximum atomic E-state index is 11.5. The van der Waals surface area contributed by atoms with Crippen molar-refractivity contribution in [2.45, 2.75) is 45.8 Å². The minimum absolute atomic E-state index is 0.132. The van der Waals surface area contributed by atoms with Gasteiger partial charge in [0, 0.05) is 12.6 Å². The molecule has 0 heterocycles. The Bertz CT molecular complexity index is 249. The van der Waals surface area contributed by atoms with Gasteiger partial charge >= 0.3 is 0 Å². The van der Waals surface area contributed by atoms with Crippen molar-refractivity contribution in [1.29, 1.82) is 0 Å². The predicted molar refractivity (Wildman–Crippen MR) is 62.7 cm³/mol. The van der Waals surface area contributed by atoms with Crippen LogP contribution in [0.3, 0.4) is 0 Å². The third-order valence-electron chi connectivity index (χ3n) is 2.02. The van der Waals surface area contributed by atoms with Gasteiger partial charge in [-0.3, -0.25) is 0 Å². The van der Waals surface area contributed by atoms with E-state index in [1.165, 1.54) is 0 Å². The SMILES string of the molecule is CCCCS(=O)(=O)CC(O)CNC(C)C. The van der Waals surface area contributed by atoms with Crippen molar-refractivity contribution in [2.75, 3.05) is 18.1 Å². The van der Waals surface area contributed by atoms with Crippen LogP contribution in [0.15, 0.2) is 0 Å². The molecule has 1 atom stereocenters. The Morgan fingerprint density at radius 1 is 1.33 bits per heavy atom. The highest BCUT2D eigenvalue weighted by Crippen LogP contribution is 1.99. The maximum absolute atomic E-state index is 11.5. The molecular weight excluding hydrogens is 214 g/mol. The van der Waals surface area contributed by atoms with Crippen molar-refractivity contribution >= 4 is 9.84 Å². The lowest BCUT2D eigenvalue weighted by molar-refractivity contribution is 0.190. The second-order valence-corrected chi connectivity index (χ2v) is 6.41. The van der Waals surface area contributed by atoms with E-state index < -0.39 is 15.9 Å². The summed E-state index contributed by atoms with van der Waals surface area (Å²) in [7, 11) is -3.08. The molecule has 0 spiro atoms. The number of hydrogen-bond donors (Lipinski definition) is 2. The lowest BCUT2D eigenvalue weighted by Gasteiger charge is -2.14. The molecule has 0 aromatic carbocycles. The summed E-state index contributed by atoms with van der Waals surface area (Å²) < 4.78 is 22.9. The molecule has 0 amide bonds. The van der Waals surface area contributed by atoms with Crippen molar-refractivity contribution in [3.8, 4) is 0 Å². The van der Waals surface area contributed by atoms with E-state index in [9.17, 15) is 13.5 Å². The highest BCUT2D eigenvalue weighted by Gasteiger charge is 2.16. The molecule has 0 saturated heterocycles. The fourth-order valence-corrected chi connectivity index (χ4v) is 2.77. The van der Waals surface area contributed by atoms with Crippen LogP contribution in [0, 0.1) is 0 Å². The van der Waals surface area contributed by atoms with E-state index in [0.29, 0.717) is 13.0 Å². The van der Waals surface area contributed by atoms with Gasteiger partial charge < -0.3 is 10.4 Å². The minimum atomic E-state index is -3.08. The normalized spacial score (nSPS) is 14.5. The van der Waals surface area contributed by atoms with E-state index in [1.54, 1.807) is 0 Å². The molecular formula is C10H23NO3S. The zero-order chi connectivity index (χ0) is 11.9. The smallest absolute Gasteiger partial charge is 0.152 e. The van der Waals surface area contributed by atoms with Gasteiger partial charge in [0.25, 0.3) is 0 Å². The number of aliphatic hydroxyl groups excluding tert-OH is 1. The molecule has 0 aliphatic rings. The van der Waals surface area contributed by atoms with E-state index >= 15 is 0 Å². The second kappa shape index (κ2) is 7.19. The van der Waals surface area contributed by atoms with E-state index in [4.69, 9.17) is 0 Å². The van der Waals surface area contributed by atoms with Crippen LogP contribution in [0.5, 0.6) is 0 Å². The Morgan fingerprint density at radius 3 is 2.40 bits per heavy atom. The fourth-order valence-electron chi connectivity index (χ4n) is 1.17. The van der Waals surface area contributed by atoms with Crippen molar-refractivity contribution in [2.24, 2.45) is 0 Å². The number of unbranched alkanes of at least 4 members (excludes halogenated alkanes) is 1. The molecule has 2 N–H and O–H groups in total. The summed E-state index contributed by atoms with van der Waals surface area (Å²) in [6.45, 7) is 6.20. The third kappa shape index (κ3) is 8.84. The second-order valence-electron chi connectivity index (χ2n) is 4.18. The van der Waals surface area contributed by atoms with Crippen molar-refractivity contribution in [3.05, 3.63) is 0 Å². The Labute approximate surface area is 93.0 Å². The summed E-state index contributed by atoms with van der Waals surface area (Å²) in [4.78, 5) is 0. The first-order chi connectivity index (χ1) is 6.87. The topological polar surface area (TPSA) is 66.4 Å². The highest BCUT2D eigenvalue weighted by atomic mass is 32.2. The van der Waals surface area contributed by atoms with Crippen LogP contribution in [0.4, 0.5) is 0 Å². The van der Waals surface area contributed by atoms with Crippen LogP contribution >= 0.6 is 0 Å². The van der Waals surface area contributed by atoms with Crippen LogP contribution in [0.1, 0.15) is 33.6 Å². The molecule has 0 aliphatic carbocycles. The van der Waals surface area contributed by atoms with Crippen molar-refractivity contribution in [3.63, 3.8) is 0 Å². The van der Waals surface area contributed by atoms with Gasteiger partial charge in [-0.1, -0.05) is 27.2 Å². The van der Waals surface area contributed by atoms with Gasteiger partial charge in [-0.15, -0.1) is 0 Å². The molecule has 0 aromatic rings. The Hall–Kier alpha value is -0.130. The summed E-state index contributed by atoms with van der Waals surface area (Å²) in [5.74, 6) is 0.0506. The molecule has 0 aliphatic heterocycles. The number of aliphatic hydroxyl groups is 1. The summed E-state index contributed by atoms with van der Waals surface area (Å²) in [5.41, 5.74) is 0. The molecule has 5 heteroatoms. The molecule has 0 radical (unpaired) electrons.